The van der Waals surface area contributed by atoms with Gasteiger partial charge >= 0.3 is 5.97 Å². The number of hydrogen-bond donors (Lipinski definition) is 1. The maximum Gasteiger partial charge on any atom is 0.335 e. The molecule has 2 rings (SSSR count). The van der Waals surface area contributed by atoms with Crippen molar-refractivity contribution in [2.45, 2.75) is 17.6 Å². The third-order valence-electron chi connectivity index (χ3n) is 3.02. The highest BCUT2D eigenvalue weighted by Crippen LogP contribution is 2.20. The van der Waals surface area contributed by atoms with Crippen LogP contribution in [0.2, 0.25) is 0 Å². The summed E-state index contributed by atoms with van der Waals surface area (Å²) < 4.78 is 39.1. The lowest BCUT2D eigenvalue weighted by molar-refractivity contribution is 0.0696. The minimum absolute atomic E-state index is 0.0798. The lowest BCUT2D eigenvalue weighted by atomic mass is 10.1. The molecule has 0 aliphatic carbocycles. The summed E-state index contributed by atoms with van der Waals surface area (Å²) >= 11 is 0. The van der Waals surface area contributed by atoms with Crippen molar-refractivity contribution in [3.05, 3.63) is 64.7 Å². The summed E-state index contributed by atoms with van der Waals surface area (Å²) in [5.74, 6) is -2.52. The van der Waals surface area contributed by atoms with Crippen LogP contribution in [0.4, 0.5) is 8.78 Å². The molecule has 0 aromatic heterocycles. The monoisotopic (exact) mass is 310 g/mol. The molecule has 0 radical (unpaired) electrons. The number of halogens is 2. The molecule has 0 amide bonds. The van der Waals surface area contributed by atoms with Crippen molar-refractivity contribution in [2.75, 3.05) is 0 Å². The smallest absolute Gasteiger partial charge is 0.335 e. The molecule has 110 valence electrons. The molecular weight excluding hydrogens is 298 g/mol. The number of carboxylic acid groups (broad SMARTS) is 1. The van der Waals surface area contributed by atoms with E-state index in [1.165, 1.54) is 12.1 Å². The highest BCUT2D eigenvalue weighted by Gasteiger charge is 2.15. The van der Waals surface area contributed by atoms with Gasteiger partial charge in [0.1, 0.15) is 11.6 Å². The van der Waals surface area contributed by atoms with Crippen LogP contribution in [-0.4, -0.2) is 15.3 Å². The standard InChI is InChI=1S/C15H12F2O3S/c1-9-2-4-12(16)6-11(9)8-21(20)14-7-10(15(18)19)3-5-13(14)17/h2-7H,8H2,1H3,(H,18,19). The number of carboxylic acids is 1. The van der Waals surface area contributed by atoms with Crippen molar-refractivity contribution in [1.82, 2.24) is 0 Å². The second-order valence-corrected chi connectivity index (χ2v) is 5.93. The average Bonchev–Trinajstić information content (AvgIpc) is 2.43. The summed E-state index contributed by atoms with van der Waals surface area (Å²) in [5.41, 5.74) is 1.09. The lowest BCUT2D eigenvalue weighted by Crippen LogP contribution is -2.04. The molecule has 6 heteroatoms. The Bertz CT molecular complexity index is 729. The van der Waals surface area contributed by atoms with Gasteiger partial charge in [-0.05, 0) is 48.4 Å². The van der Waals surface area contributed by atoms with E-state index in [-0.39, 0.29) is 16.2 Å². The highest BCUT2D eigenvalue weighted by molar-refractivity contribution is 7.84. The third kappa shape index (κ3) is 3.52. The van der Waals surface area contributed by atoms with E-state index in [0.717, 1.165) is 23.8 Å². The summed E-state index contributed by atoms with van der Waals surface area (Å²) in [6.45, 7) is 1.73. The van der Waals surface area contributed by atoms with Crippen LogP contribution in [0, 0.1) is 18.6 Å². The van der Waals surface area contributed by atoms with E-state index in [4.69, 9.17) is 5.11 Å². The number of carbonyl (C=O) groups is 1. The molecule has 0 saturated carbocycles. The van der Waals surface area contributed by atoms with Gasteiger partial charge in [0.15, 0.2) is 0 Å². The molecule has 0 aliphatic heterocycles. The van der Waals surface area contributed by atoms with Crippen LogP contribution in [0.1, 0.15) is 21.5 Å². The third-order valence-corrected chi connectivity index (χ3v) is 4.40. The van der Waals surface area contributed by atoms with E-state index >= 15 is 0 Å². The fourth-order valence-corrected chi connectivity index (χ4v) is 3.12. The van der Waals surface area contributed by atoms with E-state index in [2.05, 4.69) is 0 Å². The van der Waals surface area contributed by atoms with E-state index in [1.54, 1.807) is 13.0 Å². The molecule has 0 heterocycles. The molecular formula is C15H12F2O3S. The zero-order valence-corrected chi connectivity index (χ0v) is 11.9. The van der Waals surface area contributed by atoms with Gasteiger partial charge in [0.25, 0.3) is 0 Å². The number of rotatable bonds is 4. The van der Waals surface area contributed by atoms with E-state index < -0.39 is 28.4 Å². The van der Waals surface area contributed by atoms with Crippen LogP contribution in [0.25, 0.3) is 0 Å². The Morgan fingerprint density at radius 3 is 2.57 bits per heavy atom. The second-order valence-electron chi connectivity index (χ2n) is 4.51. The van der Waals surface area contributed by atoms with Crippen molar-refractivity contribution < 1.29 is 22.9 Å². The van der Waals surface area contributed by atoms with Crippen molar-refractivity contribution in [2.24, 2.45) is 0 Å². The highest BCUT2D eigenvalue weighted by atomic mass is 32.2. The fourth-order valence-electron chi connectivity index (χ4n) is 1.83. The van der Waals surface area contributed by atoms with Crippen LogP contribution in [0.3, 0.4) is 0 Å². The van der Waals surface area contributed by atoms with Crippen LogP contribution in [-0.2, 0) is 16.6 Å². The van der Waals surface area contributed by atoms with E-state index in [0.29, 0.717) is 5.56 Å². The maximum atomic E-state index is 13.7. The molecule has 2 aromatic carbocycles. The summed E-state index contributed by atoms with van der Waals surface area (Å²) in [4.78, 5) is 10.7. The van der Waals surface area contributed by atoms with Crippen molar-refractivity contribution in [3.63, 3.8) is 0 Å². The Kier molecular flexibility index (Phi) is 4.47. The van der Waals surface area contributed by atoms with Crippen molar-refractivity contribution >= 4 is 16.8 Å². The molecule has 0 fully saturated rings. The normalized spacial score (nSPS) is 12.1. The fraction of sp³-hybridized carbons (Fsp3) is 0.133. The first kappa shape index (κ1) is 15.3. The van der Waals surface area contributed by atoms with E-state index in [1.807, 2.05) is 0 Å². The Hall–Kier alpha value is -2.08. The van der Waals surface area contributed by atoms with Crippen molar-refractivity contribution in [3.8, 4) is 0 Å². The quantitative estimate of drug-likeness (QED) is 0.943. The van der Waals surface area contributed by atoms with Gasteiger partial charge < -0.3 is 5.11 Å². The Morgan fingerprint density at radius 1 is 1.19 bits per heavy atom. The lowest BCUT2D eigenvalue weighted by Gasteiger charge is -2.08. The zero-order chi connectivity index (χ0) is 15.6. The van der Waals surface area contributed by atoms with Crippen LogP contribution in [0.15, 0.2) is 41.3 Å². The van der Waals surface area contributed by atoms with Gasteiger partial charge in [-0.15, -0.1) is 0 Å². The van der Waals surface area contributed by atoms with Crippen LogP contribution < -0.4 is 0 Å². The summed E-state index contributed by atoms with van der Waals surface area (Å²) in [6.07, 6.45) is 0. The Balaban J connectivity index is 2.34. The van der Waals surface area contributed by atoms with Crippen molar-refractivity contribution in [1.29, 1.82) is 0 Å². The summed E-state index contributed by atoms with van der Waals surface area (Å²) in [5, 5.41) is 8.88. The minimum atomic E-state index is -1.80. The number of benzene rings is 2. The molecule has 0 spiro atoms. The van der Waals surface area contributed by atoms with Crippen LogP contribution >= 0.6 is 0 Å². The first-order chi connectivity index (χ1) is 9.88. The van der Waals surface area contributed by atoms with Gasteiger partial charge in [-0.25, -0.2) is 13.6 Å². The van der Waals surface area contributed by atoms with Gasteiger partial charge in [-0.1, -0.05) is 6.07 Å². The topological polar surface area (TPSA) is 54.4 Å². The summed E-state index contributed by atoms with van der Waals surface area (Å²) in [6, 6.07) is 7.19. The number of aryl methyl sites for hydroxylation is 1. The molecule has 21 heavy (non-hydrogen) atoms. The molecule has 1 atom stereocenters. The van der Waals surface area contributed by atoms with Crippen LogP contribution in [0.5, 0.6) is 0 Å². The van der Waals surface area contributed by atoms with Gasteiger partial charge in [0, 0.05) is 0 Å². The minimum Gasteiger partial charge on any atom is -0.478 e. The first-order valence-corrected chi connectivity index (χ1v) is 7.36. The largest absolute Gasteiger partial charge is 0.478 e. The van der Waals surface area contributed by atoms with E-state index in [9.17, 15) is 17.8 Å². The summed E-state index contributed by atoms with van der Waals surface area (Å²) in [7, 11) is -1.80. The maximum absolute atomic E-state index is 13.7. The Morgan fingerprint density at radius 2 is 1.90 bits per heavy atom. The SMILES string of the molecule is Cc1ccc(F)cc1CS(=O)c1cc(C(=O)O)ccc1F. The number of hydrogen-bond acceptors (Lipinski definition) is 2. The molecule has 1 N–H and O–H groups in total. The molecule has 3 nitrogen and oxygen atoms in total. The van der Waals surface area contributed by atoms with Gasteiger partial charge in [-0.2, -0.15) is 0 Å². The van der Waals surface area contributed by atoms with Gasteiger partial charge in [0.2, 0.25) is 0 Å². The molecule has 0 aliphatic rings. The predicted octanol–water partition coefficient (Wildman–Crippen LogP) is 3.28. The average molecular weight is 310 g/mol. The molecule has 0 bridgehead atoms. The Labute approximate surface area is 122 Å². The predicted molar refractivity (Wildman–Crippen MR) is 74.6 cm³/mol. The van der Waals surface area contributed by atoms with Gasteiger partial charge in [-0.3, -0.25) is 4.21 Å². The second kappa shape index (κ2) is 6.13. The molecule has 0 saturated heterocycles. The number of aromatic carboxylic acids is 1. The molecule has 1 unspecified atom stereocenters. The first-order valence-electron chi connectivity index (χ1n) is 6.04. The zero-order valence-electron chi connectivity index (χ0n) is 11.1. The van der Waals surface area contributed by atoms with Gasteiger partial charge in [0.05, 0.1) is 27.0 Å². The molecule has 2 aromatic rings.